The maximum atomic E-state index is 12.1. The van der Waals surface area contributed by atoms with Crippen molar-refractivity contribution in [2.75, 3.05) is 13.2 Å². The van der Waals surface area contributed by atoms with E-state index in [9.17, 15) is 4.79 Å². The molecule has 0 aliphatic carbocycles. The lowest BCUT2D eigenvalue weighted by molar-refractivity contribution is 0.0526. The van der Waals surface area contributed by atoms with E-state index < -0.39 is 0 Å². The first-order chi connectivity index (χ1) is 12.7. The predicted octanol–water partition coefficient (Wildman–Crippen LogP) is 3.35. The molecule has 3 rings (SSSR count). The van der Waals surface area contributed by atoms with Crippen LogP contribution in [0.5, 0.6) is 0 Å². The third kappa shape index (κ3) is 4.11. The van der Waals surface area contributed by atoms with Gasteiger partial charge in [-0.05, 0) is 56.5 Å². The average Bonchev–Trinajstić information content (AvgIpc) is 3.02. The van der Waals surface area contributed by atoms with Crippen LogP contribution < -0.4 is 5.73 Å². The van der Waals surface area contributed by atoms with Crippen molar-refractivity contribution in [1.29, 1.82) is 0 Å². The maximum absolute atomic E-state index is 12.1. The Bertz CT molecular complexity index is 872. The van der Waals surface area contributed by atoms with Gasteiger partial charge in [-0.2, -0.15) is 5.10 Å². The zero-order chi connectivity index (χ0) is 18.4. The topological polar surface area (TPSA) is 70.1 Å². The average molecular weight is 351 g/mol. The molecule has 0 aliphatic rings. The number of hydrogen-bond donors (Lipinski definition) is 1. The second-order valence-corrected chi connectivity index (χ2v) is 6.25. The molecule has 0 atom stereocenters. The Hall–Kier alpha value is -2.66. The summed E-state index contributed by atoms with van der Waals surface area (Å²) in [6.45, 7) is 3.58. The lowest BCUT2D eigenvalue weighted by Crippen LogP contribution is -2.07. The third-order valence-electron chi connectivity index (χ3n) is 4.41. The van der Waals surface area contributed by atoms with Crippen LogP contribution in [-0.2, 0) is 24.1 Å². The lowest BCUT2D eigenvalue weighted by Gasteiger charge is -2.04. The van der Waals surface area contributed by atoms with Gasteiger partial charge in [-0.25, -0.2) is 4.79 Å². The molecule has 0 fully saturated rings. The van der Waals surface area contributed by atoms with Crippen molar-refractivity contribution in [2.24, 2.45) is 5.73 Å². The van der Waals surface area contributed by atoms with Crippen molar-refractivity contribution in [3.63, 3.8) is 0 Å². The largest absolute Gasteiger partial charge is 0.462 e. The quantitative estimate of drug-likeness (QED) is 0.632. The fraction of sp³-hybridized carbons (Fsp3) is 0.333. The van der Waals surface area contributed by atoms with E-state index in [4.69, 9.17) is 15.6 Å². The van der Waals surface area contributed by atoms with Crippen molar-refractivity contribution in [1.82, 2.24) is 9.78 Å². The van der Waals surface area contributed by atoms with Crippen LogP contribution in [0.15, 0.2) is 48.5 Å². The molecule has 1 aromatic heterocycles. The van der Waals surface area contributed by atoms with E-state index in [0.29, 0.717) is 18.7 Å². The molecule has 136 valence electrons. The van der Waals surface area contributed by atoms with Gasteiger partial charge in [0.05, 0.1) is 23.4 Å². The molecule has 2 N–H and O–H groups in total. The minimum Gasteiger partial charge on any atom is -0.462 e. The van der Waals surface area contributed by atoms with Crippen LogP contribution in [0.25, 0.3) is 10.9 Å². The molecule has 5 nitrogen and oxygen atoms in total. The van der Waals surface area contributed by atoms with Crippen LogP contribution in [0, 0.1) is 0 Å². The van der Waals surface area contributed by atoms with E-state index >= 15 is 0 Å². The highest BCUT2D eigenvalue weighted by atomic mass is 16.5. The number of aryl methyl sites for hydroxylation is 3. The molecular weight excluding hydrogens is 326 g/mol. The Morgan fingerprint density at radius 1 is 1.15 bits per heavy atom. The summed E-state index contributed by atoms with van der Waals surface area (Å²) in [6, 6.07) is 16.0. The van der Waals surface area contributed by atoms with Gasteiger partial charge in [-0.15, -0.1) is 0 Å². The van der Waals surface area contributed by atoms with Gasteiger partial charge >= 0.3 is 5.97 Å². The van der Waals surface area contributed by atoms with E-state index in [1.165, 1.54) is 5.56 Å². The Morgan fingerprint density at radius 2 is 1.96 bits per heavy atom. The number of esters is 1. The van der Waals surface area contributed by atoms with Crippen molar-refractivity contribution in [3.8, 4) is 0 Å². The maximum Gasteiger partial charge on any atom is 0.338 e. The second-order valence-electron chi connectivity index (χ2n) is 6.25. The summed E-state index contributed by atoms with van der Waals surface area (Å²) < 4.78 is 7.13. The monoisotopic (exact) mass is 351 g/mol. The predicted molar refractivity (Wildman–Crippen MR) is 103 cm³/mol. The molecule has 0 saturated heterocycles. The Kier molecular flexibility index (Phi) is 6.02. The van der Waals surface area contributed by atoms with Gasteiger partial charge < -0.3 is 10.5 Å². The number of benzene rings is 2. The van der Waals surface area contributed by atoms with E-state index in [1.54, 1.807) is 0 Å². The zero-order valence-electron chi connectivity index (χ0n) is 15.1. The zero-order valence-corrected chi connectivity index (χ0v) is 15.1. The molecule has 0 aliphatic heterocycles. The number of carbonyl (C=O) groups is 1. The number of rotatable bonds is 8. The number of nitrogens with zero attached hydrogens (tertiary/aromatic N) is 2. The summed E-state index contributed by atoms with van der Waals surface area (Å²) in [7, 11) is 0. The highest BCUT2D eigenvalue weighted by molar-refractivity contribution is 5.95. The molecule has 0 saturated carbocycles. The Morgan fingerprint density at radius 3 is 2.69 bits per heavy atom. The summed E-state index contributed by atoms with van der Waals surface area (Å²) in [6.07, 6.45) is 2.60. The van der Waals surface area contributed by atoms with E-state index in [1.807, 2.05) is 48.0 Å². The molecule has 2 aromatic carbocycles. The van der Waals surface area contributed by atoms with Gasteiger partial charge in [-0.1, -0.05) is 30.3 Å². The summed E-state index contributed by atoms with van der Waals surface area (Å²) in [5, 5.41) is 5.81. The van der Waals surface area contributed by atoms with Crippen LogP contribution in [0.4, 0.5) is 0 Å². The van der Waals surface area contributed by atoms with E-state index in [0.717, 1.165) is 42.4 Å². The van der Waals surface area contributed by atoms with E-state index in [-0.39, 0.29) is 5.97 Å². The molecule has 5 heteroatoms. The highest BCUT2D eigenvalue weighted by Gasteiger charge is 2.14. The van der Waals surface area contributed by atoms with Crippen molar-refractivity contribution >= 4 is 16.9 Å². The second kappa shape index (κ2) is 8.63. The van der Waals surface area contributed by atoms with Crippen LogP contribution in [0.1, 0.15) is 35.0 Å². The first-order valence-electron chi connectivity index (χ1n) is 9.13. The molecule has 0 unspecified atom stereocenters. The minimum absolute atomic E-state index is 0.293. The van der Waals surface area contributed by atoms with Crippen LogP contribution in [-0.4, -0.2) is 28.9 Å². The van der Waals surface area contributed by atoms with Crippen molar-refractivity contribution in [2.45, 2.75) is 32.7 Å². The summed E-state index contributed by atoms with van der Waals surface area (Å²) in [4.78, 5) is 12.1. The van der Waals surface area contributed by atoms with Crippen molar-refractivity contribution in [3.05, 3.63) is 65.4 Å². The summed E-state index contributed by atoms with van der Waals surface area (Å²) in [5.41, 5.74) is 9.54. The first kappa shape index (κ1) is 18.1. The normalized spacial score (nSPS) is 11.0. The molecule has 3 aromatic rings. The van der Waals surface area contributed by atoms with Crippen LogP contribution in [0.3, 0.4) is 0 Å². The number of fused-ring (bicyclic) bond motifs is 1. The third-order valence-corrected chi connectivity index (χ3v) is 4.41. The number of ether oxygens (including phenoxy) is 1. The molecule has 0 spiro atoms. The number of aromatic nitrogens is 2. The van der Waals surface area contributed by atoms with Crippen LogP contribution >= 0.6 is 0 Å². The van der Waals surface area contributed by atoms with Gasteiger partial charge in [0.15, 0.2) is 0 Å². The molecule has 0 bridgehead atoms. The van der Waals surface area contributed by atoms with E-state index in [2.05, 4.69) is 12.1 Å². The molecule has 1 heterocycles. The highest BCUT2D eigenvalue weighted by Crippen LogP contribution is 2.23. The molecule has 0 radical (unpaired) electrons. The molecular formula is C21H25N3O2. The fourth-order valence-electron chi connectivity index (χ4n) is 3.09. The molecule has 0 amide bonds. The van der Waals surface area contributed by atoms with Crippen LogP contribution in [0.2, 0.25) is 0 Å². The lowest BCUT2D eigenvalue weighted by atomic mass is 10.0. The van der Waals surface area contributed by atoms with Gasteiger partial charge in [0, 0.05) is 11.9 Å². The first-order valence-corrected chi connectivity index (χ1v) is 9.13. The molecule has 26 heavy (non-hydrogen) atoms. The fourth-order valence-corrected chi connectivity index (χ4v) is 3.09. The number of hydrogen-bond acceptors (Lipinski definition) is 4. The summed E-state index contributed by atoms with van der Waals surface area (Å²) in [5.74, 6) is -0.293. The number of carbonyl (C=O) groups excluding carboxylic acids is 1. The van der Waals surface area contributed by atoms with Gasteiger partial charge in [0.25, 0.3) is 0 Å². The van der Waals surface area contributed by atoms with Gasteiger partial charge in [0.2, 0.25) is 0 Å². The van der Waals surface area contributed by atoms with Crippen molar-refractivity contribution < 1.29 is 9.53 Å². The summed E-state index contributed by atoms with van der Waals surface area (Å²) >= 11 is 0. The SMILES string of the molecule is CCOC(=O)c1ccc2c(c1)c(CCc1ccccc1)nn2CCCN. The standard InChI is InChI=1S/C21H25N3O2/c1-2-26-21(25)17-10-12-20-18(15-17)19(23-24(20)14-6-13-22)11-9-16-7-4-3-5-8-16/h3-5,7-8,10,12,15H,2,6,9,11,13-14,22H2,1H3. The van der Waals surface area contributed by atoms with Gasteiger partial charge in [0.1, 0.15) is 0 Å². The Balaban J connectivity index is 1.93. The van der Waals surface area contributed by atoms with Gasteiger partial charge in [-0.3, -0.25) is 4.68 Å². The number of nitrogens with two attached hydrogens (primary N) is 1. The smallest absolute Gasteiger partial charge is 0.338 e. The minimum atomic E-state index is -0.293. The Labute approximate surface area is 153 Å².